The number of sulfonamides is 1. The van der Waals surface area contributed by atoms with E-state index in [0.717, 1.165) is 11.3 Å². The van der Waals surface area contributed by atoms with E-state index in [-0.39, 0.29) is 22.3 Å². The summed E-state index contributed by atoms with van der Waals surface area (Å²) in [5.41, 5.74) is 2.68. The van der Waals surface area contributed by atoms with Gasteiger partial charge < -0.3 is 9.73 Å². The van der Waals surface area contributed by atoms with Crippen LogP contribution in [0.1, 0.15) is 24.8 Å². The molecule has 0 saturated carbocycles. The highest BCUT2D eigenvalue weighted by Gasteiger charge is 2.30. The maximum atomic E-state index is 13.0. The summed E-state index contributed by atoms with van der Waals surface area (Å²) >= 11 is 0. The predicted molar refractivity (Wildman–Crippen MR) is 117 cm³/mol. The molecule has 1 fully saturated rings. The number of anilines is 1. The Kier molecular flexibility index (Phi) is 5.72. The number of benzene rings is 2. The van der Waals surface area contributed by atoms with Crippen molar-refractivity contribution in [3.05, 3.63) is 58.6 Å². The van der Waals surface area contributed by atoms with Crippen LogP contribution in [-0.2, 0) is 21.9 Å². The summed E-state index contributed by atoms with van der Waals surface area (Å²) in [6, 6.07) is 12.1. The van der Waals surface area contributed by atoms with Crippen molar-refractivity contribution >= 4 is 32.7 Å². The summed E-state index contributed by atoms with van der Waals surface area (Å²) in [6.07, 6.45) is 1.59. The van der Waals surface area contributed by atoms with E-state index >= 15 is 0 Å². The Balaban J connectivity index is 1.38. The van der Waals surface area contributed by atoms with E-state index < -0.39 is 15.8 Å². The molecule has 1 aliphatic rings. The van der Waals surface area contributed by atoms with Crippen molar-refractivity contribution < 1.29 is 17.6 Å². The molecule has 3 aromatic rings. The minimum absolute atomic E-state index is 0.0604. The highest BCUT2D eigenvalue weighted by Crippen LogP contribution is 2.27. The first-order valence-electron chi connectivity index (χ1n) is 10.2. The van der Waals surface area contributed by atoms with Crippen molar-refractivity contribution in [3.63, 3.8) is 0 Å². The van der Waals surface area contributed by atoms with E-state index in [0.29, 0.717) is 37.9 Å². The Bertz CT molecular complexity index is 1270. The van der Waals surface area contributed by atoms with Crippen molar-refractivity contribution in [3.8, 4) is 0 Å². The van der Waals surface area contributed by atoms with E-state index in [1.54, 1.807) is 13.1 Å². The molecule has 1 N–H and O–H groups in total. The van der Waals surface area contributed by atoms with Crippen molar-refractivity contribution in [2.45, 2.75) is 31.1 Å². The number of aryl methyl sites for hydroxylation is 2. The summed E-state index contributed by atoms with van der Waals surface area (Å²) in [7, 11) is -2.13. The summed E-state index contributed by atoms with van der Waals surface area (Å²) in [6.45, 7) is 2.68. The fraction of sp³-hybridized carbons (Fsp3) is 0.364. The molecule has 4 rings (SSSR count). The number of amides is 1. The third-order valence-electron chi connectivity index (χ3n) is 5.78. The molecule has 0 unspecified atom stereocenters. The maximum Gasteiger partial charge on any atom is 0.419 e. The zero-order chi connectivity index (χ0) is 22.2. The predicted octanol–water partition coefficient (Wildman–Crippen LogP) is 2.87. The van der Waals surface area contributed by atoms with Crippen LogP contribution in [0, 0.1) is 12.8 Å². The Hall–Kier alpha value is -2.91. The third kappa shape index (κ3) is 4.42. The minimum Gasteiger partial charge on any atom is -0.408 e. The Morgan fingerprint density at radius 3 is 2.48 bits per heavy atom. The summed E-state index contributed by atoms with van der Waals surface area (Å²) in [4.78, 5) is 24.1. The second-order valence-electron chi connectivity index (χ2n) is 8.02. The van der Waals surface area contributed by atoms with Crippen LogP contribution in [0.15, 0.2) is 56.6 Å². The molecule has 1 aliphatic heterocycles. The number of aromatic nitrogens is 1. The fourth-order valence-corrected chi connectivity index (χ4v) is 5.37. The van der Waals surface area contributed by atoms with Gasteiger partial charge in [0.05, 0.1) is 10.4 Å². The number of carbonyl (C=O) groups excluding carboxylic acids is 1. The van der Waals surface area contributed by atoms with Crippen LogP contribution >= 0.6 is 0 Å². The van der Waals surface area contributed by atoms with E-state index in [4.69, 9.17) is 4.42 Å². The quantitative estimate of drug-likeness (QED) is 0.653. The number of rotatable bonds is 5. The molecule has 0 aliphatic carbocycles. The first-order valence-corrected chi connectivity index (χ1v) is 11.6. The minimum atomic E-state index is -3.70. The molecule has 9 heteroatoms. The second-order valence-corrected chi connectivity index (χ2v) is 9.96. The van der Waals surface area contributed by atoms with Crippen molar-refractivity contribution in [1.82, 2.24) is 8.87 Å². The highest BCUT2D eigenvalue weighted by molar-refractivity contribution is 7.89. The van der Waals surface area contributed by atoms with Gasteiger partial charge in [-0.05, 0) is 49.9 Å². The van der Waals surface area contributed by atoms with Gasteiger partial charge in [-0.3, -0.25) is 9.36 Å². The van der Waals surface area contributed by atoms with Crippen molar-refractivity contribution in [2.24, 2.45) is 13.0 Å². The van der Waals surface area contributed by atoms with Gasteiger partial charge >= 0.3 is 5.76 Å². The van der Waals surface area contributed by atoms with Gasteiger partial charge in [-0.25, -0.2) is 13.2 Å². The van der Waals surface area contributed by atoms with Gasteiger partial charge in [-0.15, -0.1) is 0 Å². The van der Waals surface area contributed by atoms with Crippen LogP contribution in [0.2, 0.25) is 0 Å². The van der Waals surface area contributed by atoms with Gasteiger partial charge in [0.2, 0.25) is 15.9 Å². The normalized spacial score (nSPS) is 15.9. The molecule has 2 heterocycles. The van der Waals surface area contributed by atoms with Crippen LogP contribution in [0.25, 0.3) is 11.1 Å². The van der Waals surface area contributed by atoms with Crippen molar-refractivity contribution in [1.29, 1.82) is 0 Å². The first kappa shape index (κ1) is 21.3. The molecule has 1 amide bonds. The first-order chi connectivity index (χ1) is 14.7. The molecule has 0 spiro atoms. The third-order valence-corrected chi connectivity index (χ3v) is 7.68. The average Bonchev–Trinajstić information content (AvgIpc) is 3.03. The number of nitrogens with one attached hydrogen (secondary N) is 1. The molecular weight excluding hydrogens is 418 g/mol. The molecule has 1 saturated heterocycles. The zero-order valence-corrected chi connectivity index (χ0v) is 18.3. The molecule has 1 aromatic heterocycles. The molecule has 164 valence electrons. The van der Waals surface area contributed by atoms with Crippen LogP contribution in [0.5, 0.6) is 0 Å². The number of carbonyl (C=O) groups is 1. The van der Waals surface area contributed by atoms with Gasteiger partial charge in [-0.1, -0.05) is 17.7 Å². The highest BCUT2D eigenvalue weighted by atomic mass is 32.2. The largest absolute Gasteiger partial charge is 0.419 e. The summed E-state index contributed by atoms with van der Waals surface area (Å²) < 4.78 is 34.0. The number of fused-ring (bicyclic) bond motifs is 1. The molecule has 0 radical (unpaired) electrons. The van der Waals surface area contributed by atoms with Crippen LogP contribution in [0.3, 0.4) is 0 Å². The second kappa shape index (κ2) is 8.32. The average molecular weight is 444 g/mol. The lowest BCUT2D eigenvalue weighted by Crippen LogP contribution is -2.39. The number of piperidine rings is 1. The SMILES string of the molecule is Cc1ccc(NC(=O)CC2CCN(S(=O)(=O)c3ccc4c(c3)oc(=O)n4C)CC2)cc1. The summed E-state index contributed by atoms with van der Waals surface area (Å²) in [5.74, 6) is -0.462. The molecule has 2 aromatic carbocycles. The van der Waals surface area contributed by atoms with Gasteiger partial charge in [-0.2, -0.15) is 4.31 Å². The zero-order valence-electron chi connectivity index (χ0n) is 17.5. The molecule has 0 bridgehead atoms. The lowest BCUT2D eigenvalue weighted by molar-refractivity contribution is -0.117. The summed E-state index contributed by atoms with van der Waals surface area (Å²) in [5, 5.41) is 2.90. The van der Waals surface area contributed by atoms with Gasteiger partial charge in [0.1, 0.15) is 0 Å². The van der Waals surface area contributed by atoms with Gasteiger partial charge in [0.25, 0.3) is 0 Å². The molecule has 31 heavy (non-hydrogen) atoms. The van der Waals surface area contributed by atoms with Gasteiger partial charge in [0.15, 0.2) is 5.58 Å². The molecular formula is C22H25N3O5S. The maximum absolute atomic E-state index is 13.0. The van der Waals surface area contributed by atoms with Crippen molar-refractivity contribution in [2.75, 3.05) is 18.4 Å². The smallest absolute Gasteiger partial charge is 0.408 e. The number of hydrogen-bond acceptors (Lipinski definition) is 5. The number of hydrogen-bond donors (Lipinski definition) is 1. The molecule has 0 atom stereocenters. The lowest BCUT2D eigenvalue weighted by atomic mass is 9.94. The number of nitrogens with zero attached hydrogens (tertiary/aromatic N) is 2. The van der Waals surface area contributed by atoms with Crippen LogP contribution in [-0.4, -0.2) is 36.3 Å². The van der Waals surface area contributed by atoms with E-state index in [2.05, 4.69) is 5.32 Å². The monoisotopic (exact) mass is 443 g/mol. The Morgan fingerprint density at radius 2 is 1.81 bits per heavy atom. The Labute approximate surface area is 180 Å². The van der Waals surface area contributed by atoms with Crippen LogP contribution in [0.4, 0.5) is 5.69 Å². The van der Waals surface area contributed by atoms with E-state index in [1.807, 2.05) is 31.2 Å². The fourth-order valence-electron chi connectivity index (χ4n) is 3.89. The number of oxazole rings is 1. The van der Waals surface area contributed by atoms with Gasteiger partial charge in [0, 0.05) is 38.3 Å². The topological polar surface area (TPSA) is 102 Å². The van der Waals surface area contributed by atoms with Crippen LogP contribution < -0.4 is 11.1 Å². The standard InChI is InChI=1S/C22H25N3O5S/c1-15-3-5-17(6-4-15)23-21(26)13-16-9-11-25(12-10-16)31(28,29)18-7-8-19-20(14-18)30-22(27)24(19)2/h3-8,14,16H,9-13H2,1-2H3,(H,23,26). The Morgan fingerprint density at radius 1 is 1.13 bits per heavy atom. The lowest BCUT2D eigenvalue weighted by Gasteiger charge is -2.31. The molecule has 8 nitrogen and oxygen atoms in total. The van der Waals surface area contributed by atoms with E-state index in [9.17, 15) is 18.0 Å². The van der Waals surface area contributed by atoms with E-state index in [1.165, 1.54) is 21.0 Å².